The van der Waals surface area contributed by atoms with Crippen molar-refractivity contribution in [3.05, 3.63) is 35.4 Å². The molecule has 3 N–H and O–H groups in total. The van der Waals surface area contributed by atoms with Crippen molar-refractivity contribution in [3.8, 4) is 0 Å². The molecule has 0 spiro atoms. The number of hydrogen-bond acceptors (Lipinski definition) is 2. The van der Waals surface area contributed by atoms with Crippen molar-refractivity contribution in [2.75, 3.05) is 13.1 Å². The molecule has 2 nitrogen and oxygen atoms in total. The molecule has 0 unspecified atom stereocenters. The first kappa shape index (κ1) is 11.2. The first-order valence-corrected chi connectivity index (χ1v) is 5.21. The maximum atomic E-state index is 5.51. The van der Waals surface area contributed by atoms with Crippen molar-refractivity contribution in [1.82, 2.24) is 5.32 Å². The van der Waals surface area contributed by atoms with Crippen molar-refractivity contribution in [1.29, 1.82) is 0 Å². The summed E-state index contributed by atoms with van der Waals surface area (Å²) in [4.78, 5) is 0. The van der Waals surface area contributed by atoms with E-state index in [0.717, 1.165) is 13.0 Å². The molecule has 14 heavy (non-hydrogen) atoms. The highest BCUT2D eigenvalue weighted by molar-refractivity contribution is 5.21. The molecule has 0 aliphatic rings. The number of nitrogens with one attached hydrogen (secondary N) is 1. The lowest BCUT2D eigenvalue weighted by atomic mass is 10.1. The summed E-state index contributed by atoms with van der Waals surface area (Å²) in [6, 6.07) is 9.10. The van der Waals surface area contributed by atoms with E-state index in [1.165, 1.54) is 11.1 Å². The van der Waals surface area contributed by atoms with Crippen LogP contribution >= 0.6 is 0 Å². The maximum absolute atomic E-state index is 5.51. The van der Waals surface area contributed by atoms with Gasteiger partial charge in [0.25, 0.3) is 0 Å². The molecule has 0 aromatic heterocycles. The van der Waals surface area contributed by atoms with E-state index in [-0.39, 0.29) is 0 Å². The molecule has 0 saturated heterocycles. The highest BCUT2D eigenvalue weighted by Crippen LogP contribution is 2.03. The van der Waals surface area contributed by atoms with E-state index in [0.29, 0.717) is 12.6 Å². The Morgan fingerprint density at radius 2 is 1.93 bits per heavy atom. The zero-order valence-electron chi connectivity index (χ0n) is 9.09. The zero-order valence-corrected chi connectivity index (χ0v) is 9.09. The van der Waals surface area contributed by atoms with Crippen LogP contribution in [0.2, 0.25) is 0 Å². The first-order chi connectivity index (χ1) is 6.72. The second kappa shape index (κ2) is 5.78. The third-order valence-corrected chi connectivity index (χ3v) is 2.38. The van der Waals surface area contributed by atoms with Gasteiger partial charge < -0.3 is 11.1 Å². The summed E-state index contributed by atoms with van der Waals surface area (Å²) < 4.78 is 0. The molecular weight excluding hydrogens is 172 g/mol. The lowest BCUT2D eigenvalue weighted by Crippen LogP contribution is -2.34. The van der Waals surface area contributed by atoms with E-state index in [2.05, 4.69) is 43.4 Å². The minimum Gasteiger partial charge on any atom is -0.329 e. The Kier molecular flexibility index (Phi) is 4.63. The van der Waals surface area contributed by atoms with E-state index in [9.17, 15) is 0 Å². The molecule has 0 bridgehead atoms. The van der Waals surface area contributed by atoms with Crippen LogP contribution in [0, 0.1) is 6.92 Å². The van der Waals surface area contributed by atoms with Crippen LogP contribution in [0.4, 0.5) is 0 Å². The van der Waals surface area contributed by atoms with Gasteiger partial charge in [-0.05, 0) is 32.4 Å². The van der Waals surface area contributed by atoms with Crippen LogP contribution in [0.15, 0.2) is 24.3 Å². The van der Waals surface area contributed by atoms with Crippen LogP contribution in [-0.2, 0) is 6.42 Å². The minimum absolute atomic E-state index is 0.417. The second-order valence-corrected chi connectivity index (χ2v) is 3.83. The van der Waals surface area contributed by atoms with Crippen LogP contribution in [0.3, 0.4) is 0 Å². The fourth-order valence-electron chi connectivity index (χ4n) is 1.30. The molecular formula is C12H20N2. The molecule has 0 radical (unpaired) electrons. The van der Waals surface area contributed by atoms with Crippen LogP contribution < -0.4 is 11.1 Å². The lowest BCUT2D eigenvalue weighted by Gasteiger charge is -2.10. The van der Waals surface area contributed by atoms with Crippen LogP contribution in [0.5, 0.6) is 0 Å². The SMILES string of the molecule is Cc1ccc(CCN[C@@H](C)CN)cc1. The predicted octanol–water partition coefficient (Wildman–Crippen LogP) is 1.47. The third-order valence-electron chi connectivity index (χ3n) is 2.38. The van der Waals surface area contributed by atoms with E-state index in [1.54, 1.807) is 0 Å². The predicted molar refractivity (Wildman–Crippen MR) is 61.4 cm³/mol. The van der Waals surface area contributed by atoms with Gasteiger partial charge in [-0.15, -0.1) is 0 Å². The van der Waals surface area contributed by atoms with Gasteiger partial charge in [-0.3, -0.25) is 0 Å². The van der Waals surface area contributed by atoms with Gasteiger partial charge in [0.15, 0.2) is 0 Å². The van der Waals surface area contributed by atoms with Gasteiger partial charge in [0.2, 0.25) is 0 Å². The van der Waals surface area contributed by atoms with Crippen molar-refractivity contribution in [2.45, 2.75) is 26.3 Å². The van der Waals surface area contributed by atoms with Crippen LogP contribution in [0.25, 0.3) is 0 Å². The molecule has 1 atom stereocenters. The van der Waals surface area contributed by atoms with E-state index >= 15 is 0 Å². The maximum Gasteiger partial charge on any atom is 0.0162 e. The second-order valence-electron chi connectivity index (χ2n) is 3.83. The Hall–Kier alpha value is -0.860. The monoisotopic (exact) mass is 192 g/mol. The minimum atomic E-state index is 0.417. The molecule has 0 heterocycles. The Balaban J connectivity index is 2.28. The molecule has 0 amide bonds. The van der Waals surface area contributed by atoms with Crippen molar-refractivity contribution < 1.29 is 0 Å². The van der Waals surface area contributed by atoms with Gasteiger partial charge >= 0.3 is 0 Å². The summed E-state index contributed by atoms with van der Waals surface area (Å²) in [6.45, 7) is 5.92. The largest absolute Gasteiger partial charge is 0.329 e. The van der Waals surface area contributed by atoms with Gasteiger partial charge in [0.1, 0.15) is 0 Å². The van der Waals surface area contributed by atoms with Crippen molar-refractivity contribution in [3.63, 3.8) is 0 Å². The van der Waals surface area contributed by atoms with Gasteiger partial charge in [0.05, 0.1) is 0 Å². The normalized spacial score (nSPS) is 12.8. The number of benzene rings is 1. The van der Waals surface area contributed by atoms with E-state index in [1.807, 2.05) is 0 Å². The zero-order chi connectivity index (χ0) is 10.4. The van der Waals surface area contributed by atoms with E-state index in [4.69, 9.17) is 5.73 Å². The summed E-state index contributed by atoms with van der Waals surface area (Å²) in [6.07, 6.45) is 1.07. The Morgan fingerprint density at radius 3 is 2.50 bits per heavy atom. The summed E-state index contributed by atoms with van der Waals surface area (Å²) in [5, 5.41) is 3.37. The highest BCUT2D eigenvalue weighted by atomic mass is 14.9. The molecule has 1 aromatic rings. The smallest absolute Gasteiger partial charge is 0.0162 e. The fourth-order valence-corrected chi connectivity index (χ4v) is 1.30. The standard InChI is InChI=1S/C12H20N2/c1-10-3-5-12(6-4-10)7-8-14-11(2)9-13/h3-6,11,14H,7-9,13H2,1-2H3/t11-/m0/s1. The Bertz CT molecular complexity index is 254. The number of aryl methyl sites for hydroxylation is 1. The highest BCUT2D eigenvalue weighted by Gasteiger charge is 1.97. The van der Waals surface area contributed by atoms with Crippen LogP contribution in [0.1, 0.15) is 18.1 Å². The van der Waals surface area contributed by atoms with Gasteiger partial charge in [-0.2, -0.15) is 0 Å². The van der Waals surface area contributed by atoms with Crippen molar-refractivity contribution in [2.24, 2.45) is 5.73 Å². The molecule has 0 aliphatic heterocycles. The Morgan fingerprint density at radius 1 is 1.29 bits per heavy atom. The summed E-state index contributed by atoms with van der Waals surface area (Å²) in [5.41, 5.74) is 8.21. The van der Waals surface area contributed by atoms with Gasteiger partial charge in [0, 0.05) is 12.6 Å². The molecule has 0 fully saturated rings. The number of nitrogens with two attached hydrogens (primary N) is 1. The summed E-state index contributed by atoms with van der Waals surface area (Å²) in [5.74, 6) is 0. The topological polar surface area (TPSA) is 38.0 Å². The molecule has 0 aliphatic carbocycles. The first-order valence-electron chi connectivity index (χ1n) is 5.21. The van der Waals surface area contributed by atoms with Gasteiger partial charge in [-0.25, -0.2) is 0 Å². The lowest BCUT2D eigenvalue weighted by molar-refractivity contribution is 0.559. The number of rotatable bonds is 5. The summed E-state index contributed by atoms with van der Waals surface area (Å²) >= 11 is 0. The Labute approximate surface area is 86.5 Å². The molecule has 78 valence electrons. The average Bonchev–Trinajstić information content (AvgIpc) is 2.21. The fraction of sp³-hybridized carbons (Fsp3) is 0.500. The summed E-state index contributed by atoms with van der Waals surface area (Å²) in [7, 11) is 0. The average molecular weight is 192 g/mol. The van der Waals surface area contributed by atoms with Gasteiger partial charge in [-0.1, -0.05) is 29.8 Å². The van der Waals surface area contributed by atoms with E-state index < -0.39 is 0 Å². The van der Waals surface area contributed by atoms with Crippen LogP contribution in [-0.4, -0.2) is 19.1 Å². The molecule has 0 saturated carbocycles. The third kappa shape index (κ3) is 3.90. The number of hydrogen-bond donors (Lipinski definition) is 2. The molecule has 1 aromatic carbocycles. The molecule has 2 heteroatoms. The molecule has 1 rings (SSSR count). The van der Waals surface area contributed by atoms with Crippen molar-refractivity contribution >= 4 is 0 Å². The quantitative estimate of drug-likeness (QED) is 0.741.